The molecule has 1 aromatic rings. The zero-order valence-electron chi connectivity index (χ0n) is 9.97. The van der Waals surface area contributed by atoms with Gasteiger partial charge in [-0.05, 0) is 35.8 Å². The lowest BCUT2D eigenvalue weighted by molar-refractivity contribution is -0.128. The Hall–Kier alpha value is -0.810. The van der Waals surface area contributed by atoms with Gasteiger partial charge in [0.15, 0.2) is 0 Å². The Kier molecular flexibility index (Phi) is 4.77. The van der Waals surface area contributed by atoms with Gasteiger partial charge in [0.2, 0.25) is 5.91 Å². The lowest BCUT2D eigenvalue weighted by Crippen LogP contribution is -2.39. The van der Waals surface area contributed by atoms with Crippen LogP contribution >= 0.6 is 27.5 Å². The molecule has 6 heteroatoms. The fourth-order valence-corrected chi connectivity index (χ4v) is 2.05. The maximum Gasteiger partial charge on any atom is 0.227 e. The maximum absolute atomic E-state index is 11.6. The van der Waals surface area contributed by atoms with Crippen molar-refractivity contribution in [1.29, 1.82) is 0 Å². The molecule has 1 amide bonds. The Morgan fingerprint density at radius 1 is 1.59 bits per heavy atom. The van der Waals surface area contributed by atoms with E-state index >= 15 is 0 Å². The van der Waals surface area contributed by atoms with Gasteiger partial charge < -0.3 is 10.6 Å². The molecule has 0 fully saturated rings. The highest BCUT2D eigenvalue weighted by Gasteiger charge is 2.26. The third-order valence-corrected chi connectivity index (χ3v) is 3.16. The monoisotopic (exact) mass is 319 g/mol. The van der Waals surface area contributed by atoms with Gasteiger partial charge in [0.05, 0.1) is 14.9 Å². The quantitative estimate of drug-likeness (QED) is 0.897. The Morgan fingerprint density at radius 3 is 2.76 bits per heavy atom. The minimum atomic E-state index is -0.504. The van der Waals surface area contributed by atoms with Crippen molar-refractivity contribution in [3.63, 3.8) is 0 Å². The molecular weight excluding hydrogens is 305 g/mol. The smallest absolute Gasteiger partial charge is 0.227 e. The average Bonchev–Trinajstić information content (AvgIpc) is 2.26. The second-order valence-electron chi connectivity index (χ2n) is 4.30. The number of nitrogens with one attached hydrogen (secondary N) is 2. The lowest BCUT2D eigenvalue weighted by atomic mass is 9.92. The van der Waals surface area contributed by atoms with Crippen LogP contribution in [0.3, 0.4) is 0 Å². The third-order valence-electron chi connectivity index (χ3n) is 2.35. The SMILES string of the molecule is CNC(=O)C(C)(C)CNc1ncc(Cl)cc1Br. The summed E-state index contributed by atoms with van der Waals surface area (Å²) in [6, 6.07) is 1.75. The molecular formula is C11H15BrClN3O. The summed E-state index contributed by atoms with van der Waals surface area (Å²) in [5, 5.41) is 6.31. The Bertz CT molecular complexity index is 423. The molecule has 0 radical (unpaired) electrons. The Labute approximate surface area is 114 Å². The van der Waals surface area contributed by atoms with Gasteiger partial charge in [-0.15, -0.1) is 0 Å². The Balaban J connectivity index is 2.70. The van der Waals surface area contributed by atoms with Gasteiger partial charge >= 0.3 is 0 Å². The number of anilines is 1. The first-order valence-corrected chi connectivity index (χ1v) is 6.31. The van der Waals surface area contributed by atoms with E-state index in [1.165, 1.54) is 0 Å². The van der Waals surface area contributed by atoms with Crippen molar-refractivity contribution in [1.82, 2.24) is 10.3 Å². The first-order valence-electron chi connectivity index (χ1n) is 5.14. The molecule has 4 nitrogen and oxygen atoms in total. The van der Waals surface area contributed by atoms with Crippen LogP contribution in [0.1, 0.15) is 13.8 Å². The van der Waals surface area contributed by atoms with E-state index in [0.717, 1.165) is 4.47 Å². The van der Waals surface area contributed by atoms with E-state index in [1.807, 2.05) is 13.8 Å². The highest BCUT2D eigenvalue weighted by molar-refractivity contribution is 9.10. The van der Waals surface area contributed by atoms with Crippen molar-refractivity contribution >= 4 is 39.3 Å². The third kappa shape index (κ3) is 3.85. The maximum atomic E-state index is 11.6. The van der Waals surface area contributed by atoms with Crippen LogP contribution in [0.15, 0.2) is 16.7 Å². The zero-order chi connectivity index (χ0) is 13.1. The summed E-state index contributed by atoms with van der Waals surface area (Å²) in [6.07, 6.45) is 1.56. The predicted molar refractivity (Wildman–Crippen MR) is 73.3 cm³/mol. The van der Waals surface area contributed by atoms with Crippen LogP contribution in [0.25, 0.3) is 0 Å². The molecule has 1 rings (SSSR count). The number of amides is 1. The lowest BCUT2D eigenvalue weighted by Gasteiger charge is -2.23. The molecule has 0 aliphatic carbocycles. The minimum Gasteiger partial charge on any atom is -0.368 e. The normalized spacial score (nSPS) is 11.1. The van der Waals surface area contributed by atoms with E-state index in [4.69, 9.17) is 11.6 Å². The first kappa shape index (κ1) is 14.3. The minimum absolute atomic E-state index is 0.0184. The molecule has 1 heterocycles. The number of hydrogen-bond donors (Lipinski definition) is 2. The zero-order valence-corrected chi connectivity index (χ0v) is 12.3. The summed E-state index contributed by atoms with van der Waals surface area (Å²) < 4.78 is 0.776. The molecule has 17 heavy (non-hydrogen) atoms. The van der Waals surface area contributed by atoms with Gasteiger partial charge in [0.1, 0.15) is 5.82 Å². The number of carbonyl (C=O) groups excluding carboxylic acids is 1. The van der Waals surface area contributed by atoms with Crippen LogP contribution in [0.2, 0.25) is 5.02 Å². The summed E-state index contributed by atoms with van der Waals surface area (Å²) in [6.45, 7) is 4.21. The number of aromatic nitrogens is 1. The molecule has 0 aliphatic rings. The van der Waals surface area contributed by atoms with Crippen molar-refractivity contribution < 1.29 is 4.79 Å². The van der Waals surface area contributed by atoms with Crippen LogP contribution in [-0.4, -0.2) is 24.5 Å². The van der Waals surface area contributed by atoms with Gasteiger partial charge in [-0.2, -0.15) is 0 Å². The van der Waals surface area contributed by atoms with Crippen LogP contribution in [0, 0.1) is 5.41 Å². The molecule has 1 aromatic heterocycles. The number of halogens is 2. The van der Waals surface area contributed by atoms with E-state index in [0.29, 0.717) is 17.4 Å². The number of carbonyl (C=O) groups is 1. The van der Waals surface area contributed by atoms with Crippen molar-refractivity contribution in [3.8, 4) is 0 Å². The molecule has 0 aliphatic heterocycles. The number of hydrogen-bond acceptors (Lipinski definition) is 3. The standard InChI is InChI=1S/C11H15BrClN3O/c1-11(2,10(17)14-3)6-16-9-8(12)4-7(13)5-15-9/h4-5H,6H2,1-3H3,(H,14,17)(H,15,16). The van der Waals surface area contributed by atoms with Crippen LogP contribution in [0.4, 0.5) is 5.82 Å². The van der Waals surface area contributed by atoms with Gasteiger partial charge in [-0.25, -0.2) is 4.98 Å². The molecule has 0 atom stereocenters. The van der Waals surface area contributed by atoms with Crippen molar-refractivity contribution in [2.24, 2.45) is 5.41 Å². The molecule has 2 N–H and O–H groups in total. The molecule has 94 valence electrons. The highest BCUT2D eigenvalue weighted by atomic mass is 79.9. The van der Waals surface area contributed by atoms with E-state index in [2.05, 4.69) is 31.5 Å². The van der Waals surface area contributed by atoms with Gasteiger partial charge in [-0.1, -0.05) is 11.6 Å². The molecule has 0 aromatic carbocycles. The Morgan fingerprint density at radius 2 is 2.24 bits per heavy atom. The van der Waals surface area contributed by atoms with Crippen LogP contribution in [0.5, 0.6) is 0 Å². The molecule has 0 saturated heterocycles. The van der Waals surface area contributed by atoms with Crippen molar-refractivity contribution in [2.75, 3.05) is 18.9 Å². The van der Waals surface area contributed by atoms with Gasteiger partial charge in [0.25, 0.3) is 0 Å². The second kappa shape index (κ2) is 5.69. The van der Waals surface area contributed by atoms with Crippen LogP contribution < -0.4 is 10.6 Å². The van der Waals surface area contributed by atoms with E-state index in [9.17, 15) is 4.79 Å². The molecule has 0 unspecified atom stereocenters. The number of rotatable bonds is 4. The largest absolute Gasteiger partial charge is 0.368 e. The summed E-state index contributed by atoms with van der Waals surface area (Å²) in [7, 11) is 1.63. The molecule has 0 saturated carbocycles. The topological polar surface area (TPSA) is 54.0 Å². The van der Waals surface area contributed by atoms with Gasteiger partial charge in [-0.3, -0.25) is 4.79 Å². The number of pyridine rings is 1. The van der Waals surface area contributed by atoms with E-state index < -0.39 is 5.41 Å². The predicted octanol–water partition coefficient (Wildman–Crippen LogP) is 2.68. The number of nitrogens with zero attached hydrogens (tertiary/aromatic N) is 1. The molecule has 0 bridgehead atoms. The summed E-state index contributed by atoms with van der Waals surface area (Å²) in [5.74, 6) is 0.654. The molecule has 0 spiro atoms. The van der Waals surface area contributed by atoms with Gasteiger partial charge in [0, 0.05) is 19.8 Å². The second-order valence-corrected chi connectivity index (χ2v) is 5.59. The van der Waals surface area contributed by atoms with Crippen LogP contribution in [-0.2, 0) is 4.79 Å². The first-order chi connectivity index (χ1) is 7.86. The summed E-state index contributed by atoms with van der Waals surface area (Å²) in [5.41, 5.74) is -0.504. The highest BCUT2D eigenvalue weighted by Crippen LogP contribution is 2.24. The fourth-order valence-electron chi connectivity index (χ4n) is 1.27. The summed E-state index contributed by atoms with van der Waals surface area (Å²) >= 11 is 9.15. The fraction of sp³-hybridized carbons (Fsp3) is 0.455. The van der Waals surface area contributed by atoms with Crippen molar-refractivity contribution in [2.45, 2.75) is 13.8 Å². The van der Waals surface area contributed by atoms with E-state index in [1.54, 1.807) is 19.3 Å². The summed E-state index contributed by atoms with van der Waals surface area (Å²) in [4.78, 5) is 15.7. The van der Waals surface area contributed by atoms with Crippen molar-refractivity contribution in [3.05, 3.63) is 21.8 Å². The average molecular weight is 321 g/mol. The van der Waals surface area contributed by atoms with E-state index in [-0.39, 0.29) is 5.91 Å².